The normalized spacial score (nSPS) is 14.8. The number of halogens is 1. The molecule has 3 rings (SSSR count). The lowest BCUT2D eigenvalue weighted by Crippen LogP contribution is -2.39. The zero-order valence-corrected chi connectivity index (χ0v) is 18.0. The highest BCUT2D eigenvalue weighted by molar-refractivity contribution is 5.95. The molecule has 5 nitrogen and oxygen atoms in total. The topological polar surface area (TPSA) is 62.3 Å². The summed E-state index contributed by atoms with van der Waals surface area (Å²) in [4.78, 5) is 31.8. The molecule has 0 atom stereocenters. The standard InChI is InChI=1S/C24H30FN3O2/c1-16(2)14-22(29)28-12-10-19(11-13-28)23-21(9-4-17(3)27-23)24(30)26-15-18-5-7-20(25)8-6-18/h4-9,16,19H,10-15H2,1-3H3,(H,26,30). The van der Waals surface area contributed by atoms with Crippen LogP contribution in [0.1, 0.15) is 66.3 Å². The highest BCUT2D eigenvalue weighted by Gasteiger charge is 2.28. The van der Waals surface area contributed by atoms with Crippen molar-refractivity contribution in [3.63, 3.8) is 0 Å². The van der Waals surface area contributed by atoms with Gasteiger partial charge in [-0.05, 0) is 55.5 Å². The lowest BCUT2D eigenvalue weighted by atomic mass is 9.89. The molecule has 2 heterocycles. The highest BCUT2D eigenvalue weighted by Crippen LogP contribution is 2.30. The summed E-state index contributed by atoms with van der Waals surface area (Å²) in [5, 5.41) is 2.92. The number of piperidine rings is 1. The van der Waals surface area contributed by atoms with Crippen LogP contribution in [0.5, 0.6) is 0 Å². The average Bonchev–Trinajstić information content (AvgIpc) is 2.72. The van der Waals surface area contributed by atoms with Gasteiger partial charge in [-0.2, -0.15) is 0 Å². The number of amides is 2. The maximum absolute atomic E-state index is 13.1. The molecular weight excluding hydrogens is 381 g/mol. The summed E-state index contributed by atoms with van der Waals surface area (Å²) in [5.41, 5.74) is 3.10. The minimum absolute atomic E-state index is 0.152. The SMILES string of the molecule is Cc1ccc(C(=O)NCc2ccc(F)cc2)c(C2CCN(C(=O)CC(C)C)CC2)n1. The van der Waals surface area contributed by atoms with Gasteiger partial charge in [0.05, 0.1) is 11.3 Å². The van der Waals surface area contributed by atoms with Crippen molar-refractivity contribution in [1.82, 2.24) is 15.2 Å². The Labute approximate surface area is 177 Å². The van der Waals surface area contributed by atoms with Crippen molar-refractivity contribution in [2.24, 2.45) is 5.92 Å². The predicted octanol–water partition coefficient (Wildman–Crippen LogP) is 4.21. The largest absolute Gasteiger partial charge is 0.348 e. The molecule has 1 fully saturated rings. The van der Waals surface area contributed by atoms with Crippen LogP contribution >= 0.6 is 0 Å². The number of carbonyl (C=O) groups excluding carboxylic acids is 2. The molecule has 1 aliphatic heterocycles. The Hall–Kier alpha value is -2.76. The summed E-state index contributed by atoms with van der Waals surface area (Å²) >= 11 is 0. The van der Waals surface area contributed by atoms with Crippen LogP contribution in [-0.2, 0) is 11.3 Å². The smallest absolute Gasteiger partial charge is 0.253 e. The minimum atomic E-state index is -0.298. The van der Waals surface area contributed by atoms with E-state index in [1.807, 2.05) is 24.0 Å². The van der Waals surface area contributed by atoms with E-state index in [9.17, 15) is 14.0 Å². The van der Waals surface area contributed by atoms with Gasteiger partial charge < -0.3 is 10.2 Å². The Balaban J connectivity index is 1.67. The van der Waals surface area contributed by atoms with E-state index < -0.39 is 0 Å². The number of carbonyl (C=O) groups is 2. The summed E-state index contributed by atoms with van der Waals surface area (Å²) in [5.74, 6) is 0.232. The summed E-state index contributed by atoms with van der Waals surface area (Å²) in [6.45, 7) is 7.75. The van der Waals surface area contributed by atoms with Crippen molar-refractivity contribution in [3.8, 4) is 0 Å². The van der Waals surface area contributed by atoms with E-state index >= 15 is 0 Å². The summed E-state index contributed by atoms with van der Waals surface area (Å²) in [6.07, 6.45) is 2.18. The lowest BCUT2D eigenvalue weighted by Gasteiger charge is -2.33. The first kappa shape index (κ1) is 21.9. The molecular formula is C24H30FN3O2. The molecule has 0 bridgehead atoms. The van der Waals surface area contributed by atoms with Crippen LogP contribution in [0.25, 0.3) is 0 Å². The van der Waals surface area contributed by atoms with Gasteiger partial charge in [-0.25, -0.2) is 4.39 Å². The minimum Gasteiger partial charge on any atom is -0.348 e. The first-order valence-corrected chi connectivity index (χ1v) is 10.6. The molecule has 1 saturated heterocycles. The van der Waals surface area contributed by atoms with Gasteiger partial charge in [-0.1, -0.05) is 26.0 Å². The van der Waals surface area contributed by atoms with Gasteiger partial charge in [0.2, 0.25) is 5.91 Å². The molecule has 2 amide bonds. The van der Waals surface area contributed by atoms with E-state index in [0.717, 1.165) is 29.8 Å². The van der Waals surface area contributed by atoms with Crippen molar-refractivity contribution < 1.29 is 14.0 Å². The number of likely N-dealkylation sites (tertiary alicyclic amines) is 1. The number of hydrogen-bond donors (Lipinski definition) is 1. The van der Waals surface area contributed by atoms with Crippen molar-refractivity contribution in [1.29, 1.82) is 0 Å². The van der Waals surface area contributed by atoms with E-state index in [2.05, 4.69) is 24.1 Å². The average molecular weight is 412 g/mol. The zero-order valence-electron chi connectivity index (χ0n) is 18.0. The van der Waals surface area contributed by atoms with Gasteiger partial charge in [0.15, 0.2) is 0 Å². The van der Waals surface area contributed by atoms with Crippen LogP contribution < -0.4 is 5.32 Å². The predicted molar refractivity (Wildman–Crippen MR) is 115 cm³/mol. The van der Waals surface area contributed by atoms with Crippen LogP contribution in [0, 0.1) is 18.7 Å². The van der Waals surface area contributed by atoms with Gasteiger partial charge in [0.25, 0.3) is 5.91 Å². The second kappa shape index (κ2) is 9.83. The number of hydrogen-bond acceptors (Lipinski definition) is 3. The van der Waals surface area contributed by atoms with Crippen LogP contribution in [-0.4, -0.2) is 34.8 Å². The van der Waals surface area contributed by atoms with Gasteiger partial charge in [-0.15, -0.1) is 0 Å². The number of rotatable bonds is 6. The van der Waals surface area contributed by atoms with Gasteiger partial charge in [0.1, 0.15) is 5.82 Å². The second-order valence-corrected chi connectivity index (χ2v) is 8.45. The Bertz CT molecular complexity index is 888. The fraction of sp³-hybridized carbons (Fsp3) is 0.458. The molecule has 2 aromatic rings. The third-order valence-corrected chi connectivity index (χ3v) is 5.49. The molecule has 1 N–H and O–H groups in total. The van der Waals surface area contributed by atoms with Crippen LogP contribution in [0.2, 0.25) is 0 Å². The molecule has 0 saturated carbocycles. The fourth-order valence-electron chi connectivity index (χ4n) is 3.84. The number of benzene rings is 1. The van der Waals surface area contributed by atoms with E-state index in [1.54, 1.807) is 12.1 Å². The quantitative estimate of drug-likeness (QED) is 0.774. The highest BCUT2D eigenvalue weighted by atomic mass is 19.1. The maximum atomic E-state index is 13.1. The fourth-order valence-corrected chi connectivity index (χ4v) is 3.84. The van der Waals surface area contributed by atoms with E-state index in [-0.39, 0.29) is 23.5 Å². The summed E-state index contributed by atoms with van der Waals surface area (Å²) in [7, 11) is 0. The van der Waals surface area contributed by atoms with Gasteiger partial charge in [-0.3, -0.25) is 14.6 Å². The first-order valence-electron chi connectivity index (χ1n) is 10.6. The van der Waals surface area contributed by atoms with Crippen LogP contribution in [0.3, 0.4) is 0 Å². The van der Waals surface area contributed by atoms with E-state index in [4.69, 9.17) is 0 Å². The Morgan fingerprint density at radius 1 is 1.13 bits per heavy atom. The molecule has 1 aromatic carbocycles. The first-order chi connectivity index (χ1) is 14.3. The molecule has 1 aromatic heterocycles. The molecule has 6 heteroatoms. The molecule has 0 radical (unpaired) electrons. The molecule has 0 aliphatic carbocycles. The third-order valence-electron chi connectivity index (χ3n) is 5.49. The number of aromatic nitrogens is 1. The second-order valence-electron chi connectivity index (χ2n) is 8.45. The van der Waals surface area contributed by atoms with Crippen molar-refractivity contribution >= 4 is 11.8 Å². The molecule has 0 spiro atoms. The number of nitrogens with one attached hydrogen (secondary N) is 1. The van der Waals surface area contributed by atoms with Gasteiger partial charge in [0, 0.05) is 37.7 Å². The molecule has 30 heavy (non-hydrogen) atoms. The van der Waals surface area contributed by atoms with Gasteiger partial charge >= 0.3 is 0 Å². The molecule has 0 unspecified atom stereocenters. The number of aryl methyl sites for hydroxylation is 1. The Morgan fingerprint density at radius 2 is 1.80 bits per heavy atom. The molecule has 1 aliphatic rings. The van der Waals surface area contributed by atoms with Crippen LogP contribution in [0.4, 0.5) is 4.39 Å². The monoisotopic (exact) mass is 411 g/mol. The summed E-state index contributed by atoms with van der Waals surface area (Å²) in [6, 6.07) is 9.76. The number of pyridine rings is 1. The molecule has 160 valence electrons. The Morgan fingerprint density at radius 3 is 2.43 bits per heavy atom. The van der Waals surface area contributed by atoms with Crippen molar-refractivity contribution in [3.05, 3.63) is 64.7 Å². The Kier molecular flexibility index (Phi) is 7.19. The van der Waals surface area contributed by atoms with E-state index in [1.165, 1.54) is 12.1 Å². The zero-order chi connectivity index (χ0) is 21.7. The van der Waals surface area contributed by atoms with E-state index in [0.29, 0.717) is 37.5 Å². The number of nitrogens with zero attached hydrogens (tertiary/aromatic N) is 2. The van der Waals surface area contributed by atoms with Crippen molar-refractivity contribution in [2.75, 3.05) is 13.1 Å². The lowest BCUT2D eigenvalue weighted by molar-refractivity contribution is -0.133. The summed E-state index contributed by atoms with van der Waals surface area (Å²) < 4.78 is 13.1. The third kappa shape index (κ3) is 5.65. The van der Waals surface area contributed by atoms with Crippen molar-refractivity contribution in [2.45, 2.75) is 52.5 Å². The maximum Gasteiger partial charge on any atom is 0.253 e. The van der Waals surface area contributed by atoms with Crippen LogP contribution in [0.15, 0.2) is 36.4 Å².